The molecule has 0 aliphatic rings. The third kappa shape index (κ3) is 5.06. The Kier molecular flexibility index (Phi) is 7.01. The zero-order valence-corrected chi connectivity index (χ0v) is 16.1. The number of rotatable bonds is 7. The van der Waals surface area contributed by atoms with Crippen LogP contribution in [0.25, 0.3) is 0 Å². The number of hydrogen-bond donors (Lipinski definition) is 1. The van der Waals surface area contributed by atoms with Gasteiger partial charge in [-0.05, 0) is 64.7 Å². The maximum Gasteiger partial charge on any atom is 0.271 e. The lowest BCUT2D eigenvalue weighted by Gasteiger charge is -2.11. The first-order valence-electron chi connectivity index (χ1n) is 8.01. The Morgan fingerprint density at radius 1 is 1.24 bits per heavy atom. The van der Waals surface area contributed by atoms with Crippen molar-refractivity contribution in [1.82, 2.24) is 5.43 Å². The maximum absolute atomic E-state index is 12.1. The fourth-order valence-corrected chi connectivity index (χ4v) is 2.87. The van der Waals surface area contributed by atoms with Gasteiger partial charge in [0.2, 0.25) is 0 Å². The first-order valence-corrected chi connectivity index (χ1v) is 8.81. The second-order valence-electron chi connectivity index (χ2n) is 5.22. The molecule has 6 heteroatoms. The van der Waals surface area contributed by atoms with Gasteiger partial charge in [0.05, 0.1) is 24.4 Å². The number of benzene rings is 2. The summed E-state index contributed by atoms with van der Waals surface area (Å²) in [5.74, 6) is 0.984. The lowest BCUT2D eigenvalue weighted by atomic mass is 10.1. The Morgan fingerprint density at radius 3 is 2.56 bits per heavy atom. The zero-order valence-electron chi connectivity index (χ0n) is 14.5. The van der Waals surface area contributed by atoms with Gasteiger partial charge in [0.25, 0.3) is 5.91 Å². The van der Waals surface area contributed by atoms with Crippen molar-refractivity contribution in [2.45, 2.75) is 20.3 Å². The Hall–Kier alpha value is -2.34. The summed E-state index contributed by atoms with van der Waals surface area (Å²) in [6.45, 7) is 4.49. The molecular formula is C19H21BrN2O3. The van der Waals surface area contributed by atoms with Crippen molar-refractivity contribution in [1.29, 1.82) is 0 Å². The lowest BCUT2D eigenvalue weighted by molar-refractivity contribution is 0.0955. The average molecular weight is 405 g/mol. The van der Waals surface area contributed by atoms with E-state index in [2.05, 4.69) is 33.4 Å². The number of aryl methyl sites for hydroxylation is 1. The molecule has 2 rings (SSSR count). The average Bonchev–Trinajstić information content (AvgIpc) is 2.62. The molecule has 5 nitrogen and oxygen atoms in total. The Labute approximate surface area is 156 Å². The van der Waals surface area contributed by atoms with Crippen LogP contribution in [0, 0.1) is 0 Å². The smallest absolute Gasteiger partial charge is 0.271 e. The van der Waals surface area contributed by atoms with Crippen LogP contribution in [0.4, 0.5) is 0 Å². The van der Waals surface area contributed by atoms with E-state index in [4.69, 9.17) is 9.47 Å². The summed E-state index contributed by atoms with van der Waals surface area (Å²) in [6, 6.07) is 11.1. The van der Waals surface area contributed by atoms with Gasteiger partial charge in [-0.2, -0.15) is 5.10 Å². The normalized spacial score (nSPS) is 10.7. The van der Waals surface area contributed by atoms with Gasteiger partial charge >= 0.3 is 0 Å². The van der Waals surface area contributed by atoms with Crippen molar-refractivity contribution in [3.05, 3.63) is 57.6 Å². The van der Waals surface area contributed by atoms with Crippen LogP contribution in [0.1, 0.15) is 35.3 Å². The number of carbonyl (C=O) groups excluding carboxylic acids is 1. The van der Waals surface area contributed by atoms with Gasteiger partial charge in [0.1, 0.15) is 0 Å². The van der Waals surface area contributed by atoms with Crippen LogP contribution in [-0.4, -0.2) is 25.8 Å². The number of ether oxygens (including phenoxy) is 2. The molecule has 0 atom stereocenters. The zero-order chi connectivity index (χ0) is 18.2. The van der Waals surface area contributed by atoms with E-state index in [0.29, 0.717) is 23.7 Å². The molecule has 2 aromatic rings. The van der Waals surface area contributed by atoms with Crippen LogP contribution in [0.15, 0.2) is 46.0 Å². The number of carbonyl (C=O) groups is 1. The Bertz CT molecular complexity index is 758. The molecule has 2 aromatic carbocycles. The molecule has 0 unspecified atom stereocenters. The highest BCUT2D eigenvalue weighted by molar-refractivity contribution is 9.10. The quantitative estimate of drug-likeness (QED) is 0.555. The molecule has 0 spiro atoms. The highest BCUT2D eigenvalue weighted by Crippen LogP contribution is 2.36. The molecule has 0 aliphatic heterocycles. The minimum Gasteiger partial charge on any atom is -0.492 e. The van der Waals surface area contributed by atoms with E-state index in [1.165, 1.54) is 5.56 Å². The van der Waals surface area contributed by atoms with Crippen molar-refractivity contribution in [3.63, 3.8) is 0 Å². The van der Waals surface area contributed by atoms with Gasteiger partial charge in [-0.3, -0.25) is 4.79 Å². The van der Waals surface area contributed by atoms with Crippen LogP contribution in [-0.2, 0) is 6.42 Å². The highest BCUT2D eigenvalue weighted by Gasteiger charge is 2.10. The number of methoxy groups -OCH3 is 1. The van der Waals surface area contributed by atoms with E-state index >= 15 is 0 Å². The number of hydrogen-bond acceptors (Lipinski definition) is 4. The molecular weight excluding hydrogens is 384 g/mol. The molecule has 0 saturated heterocycles. The summed E-state index contributed by atoms with van der Waals surface area (Å²) in [6.07, 6.45) is 2.50. The third-order valence-electron chi connectivity index (χ3n) is 3.54. The molecule has 1 N–H and O–H groups in total. The van der Waals surface area contributed by atoms with E-state index in [1.807, 2.05) is 25.1 Å². The Morgan fingerprint density at radius 2 is 1.96 bits per heavy atom. The predicted molar refractivity (Wildman–Crippen MR) is 103 cm³/mol. The van der Waals surface area contributed by atoms with E-state index in [9.17, 15) is 4.79 Å². The first-order chi connectivity index (χ1) is 12.1. The summed E-state index contributed by atoms with van der Waals surface area (Å²) >= 11 is 3.45. The van der Waals surface area contributed by atoms with Crippen molar-refractivity contribution in [2.24, 2.45) is 5.10 Å². The SMILES string of the molecule is CCOc1cc(/C=N\NC(=O)c2ccc(CC)cc2)cc(Br)c1OC. The predicted octanol–water partition coefficient (Wildman–Crippen LogP) is 4.18. The van der Waals surface area contributed by atoms with Gasteiger partial charge in [-0.25, -0.2) is 5.43 Å². The second kappa shape index (κ2) is 9.22. The standard InChI is InChI=1S/C19H21BrN2O3/c1-4-13-6-8-15(9-7-13)19(23)22-21-12-14-10-16(20)18(24-3)17(11-14)25-5-2/h6-12H,4-5H2,1-3H3,(H,22,23)/b21-12-. The van der Waals surface area contributed by atoms with Crippen LogP contribution in [0.2, 0.25) is 0 Å². The molecule has 25 heavy (non-hydrogen) atoms. The summed E-state index contributed by atoms with van der Waals surface area (Å²) in [7, 11) is 1.58. The van der Waals surface area contributed by atoms with Crippen molar-refractivity contribution in [2.75, 3.05) is 13.7 Å². The highest BCUT2D eigenvalue weighted by atomic mass is 79.9. The van der Waals surface area contributed by atoms with E-state index in [0.717, 1.165) is 16.5 Å². The van der Waals surface area contributed by atoms with Crippen LogP contribution < -0.4 is 14.9 Å². The maximum atomic E-state index is 12.1. The van der Waals surface area contributed by atoms with E-state index < -0.39 is 0 Å². The number of nitrogens with one attached hydrogen (secondary N) is 1. The lowest BCUT2D eigenvalue weighted by Crippen LogP contribution is -2.17. The number of nitrogens with zero attached hydrogens (tertiary/aromatic N) is 1. The topological polar surface area (TPSA) is 59.9 Å². The second-order valence-corrected chi connectivity index (χ2v) is 6.07. The summed E-state index contributed by atoms with van der Waals surface area (Å²) in [4.78, 5) is 12.1. The summed E-state index contributed by atoms with van der Waals surface area (Å²) in [5, 5.41) is 4.02. The monoisotopic (exact) mass is 404 g/mol. The van der Waals surface area contributed by atoms with E-state index in [1.54, 1.807) is 31.5 Å². The molecule has 0 aromatic heterocycles. The van der Waals surface area contributed by atoms with Gasteiger partial charge in [-0.15, -0.1) is 0 Å². The van der Waals surface area contributed by atoms with Crippen LogP contribution in [0.5, 0.6) is 11.5 Å². The van der Waals surface area contributed by atoms with Gasteiger partial charge in [0.15, 0.2) is 11.5 Å². The number of halogens is 1. The molecule has 0 bridgehead atoms. The minimum absolute atomic E-state index is 0.253. The molecule has 0 radical (unpaired) electrons. The first kappa shape index (κ1) is 19.0. The fourth-order valence-electron chi connectivity index (χ4n) is 2.25. The number of amides is 1. The van der Waals surface area contributed by atoms with Gasteiger partial charge < -0.3 is 9.47 Å². The van der Waals surface area contributed by atoms with Crippen LogP contribution >= 0.6 is 15.9 Å². The molecule has 0 aliphatic carbocycles. The molecule has 0 heterocycles. The molecule has 0 saturated carbocycles. The molecule has 0 fully saturated rings. The Balaban J connectivity index is 2.09. The number of hydrazone groups is 1. The summed E-state index contributed by atoms with van der Waals surface area (Å²) < 4.78 is 11.6. The van der Waals surface area contributed by atoms with E-state index in [-0.39, 0.29) is 5.91 Å². The molecule has 1 amide bonds. The molecule has 132 valence electrons. The largest absolute Gasteiger partial charge is 0.492 e. The van der Waals surface area contributed by atoms with Crippen molar-refractivity contribution >= 4 is 28.1 Å². The minimum atomic E-state index is -0.253. The van der Waals surface area contributed by atoms with Gasteiger partial charge in [0, 0.05) is 5.56 Å². The van der Waals surface area contributed by atoms with Crippen molar-refractivity contribution in [3.8, 4) is 11.5 Å². The third-order valence-corrected chi connectivity index (χ3v) is 4.13. The van der Waals surface area contributed by atoms with Crippen molar-refractivity contribution < 1.29 is 14.3 Å². The van der Waals surface area contributed by atoms with Crippen LogP contribution in [0.3, 0.4) is 0 Å². The fraction of sp³-hybridized carbons (Fsp3) is 0.263. The summed E-state index contributed by atoms with van der Waals surface area (Å²) in [5.41, 5.74) is 5.06. The van der Waals surface area contributed by atoms with Gasteiger partial charge in [-0.1, -0.05) is 19.1 Å².